The van der Waals surface area contributed by atoms with Gasteiger partial charge in [-0.15, -0.1) is 0 Å². The number of rotatable bonds is 6. The maximum atomic E-state index is 12.0. The van der Waals surface area contributed by atoms with Gasteiger partial charge in [0.05, 0.1) is 0 Å². The number of pyridine rings is 1. The van der Waals surface area contributed by atoms with Gasteiger partial charge < -0.3 is 10.6 Å². The number of hydrogen-bond donors (Lipinski definition) is 2. The fraction of sp³-hybridized carbons (Fsp3) is 0.333. The van der Waals surface area contributed by atoms with E-state index in [4.69, 9.17) is 0 Å². The van der Waals surface area contributed by atoms with Gasteiger partial charge >= 0.3 is 0 Å². The summed E-state index contributed by atoms with van der Waals surface area (Å²) in [5.74, 6) is -0.128. The minimum Gasteiger partial charge on any atom is -0.355 e. The molecule has 0 atom stereocenters. The lowest BCUT2D eigenvalue weighted by Gasteiger charge is -2.10. The van der Waals surface area contributed by atoms with Crippen molar-refractivity contribution in [1.29, 1.82) is 0 Å². The second kappa shape index (κ2) is 7.59. The van der Waals surface area contributed by atoms with Gasteiger partial charge in [0.1, 0.15) is 5.69 Å². The van der Waals surface area contributed by atoms with Crippen LogP contribution in [-0.2, 0) is 0 Å². The normalized spacial score (nSPS) is 10.3. The molecule has 0 unspecified atom stereocenters. The number of carbonyl (C=O) groups is 1. The third kappa shape index (κ3) is 4.32. The van der Waals surface area contributed by atoms with Gasteiger partial charge in [0.25, 0.3) is 5.91 Å². The summed E-state index contributed by atoms with van der Waals surface area (Å²) in [5, 5.41) is 6.19. The molecule has 1 amide bonds. The molecular weight excluding hydrogens is 274 g/mol. The number of aryl methyl sites for hydroxylation is 2. The van der Waals surface area contributed by atoms with E-state index in [0.29, 0.717) is 12.2 Å². The molecule has 0 saturated carbocycles. The highest BCUT2D eigenvalue weighted by molar-refractivity contribution is 5.93. The summed E-state index contributed by atoms with van der Waals surface area (Å²) in [5.41, 5.74) is 4.79. The minimum atomic E-state index is -0.128. The van der Waals surface area contributed by atoms with Crippen LogP contribution in [0.15, 0.2) is 36.5 Å². The molecule has 2 aromatic rings. The first-order valence-electron chi connectivity index (χ1n) is 7.68. The number of carbonyl (C=O) groups excluding carboxylic acids is 1. The fourth-order valence-electron chi connectivity index (χ4n) is 2.09. The monoisotopic (exact) mass is 297 g/mol. The molecule has 0 aliphatic carbocycles. The first kappa shape index (κ1) is 16.0. The molecule has 0 radical (unpaired) electrons. The minimum absolute atomic E-state index is 0.128. The molecule has 4 heteroatoms. The highest BCUT2D eigenvalue weighted by atomic mass is 16.1. The zero-order valence-corrected chi connectivity index (χ0v) is 13.4. The highest BCUT2D eigenvalue weighted by Crippen LogP contribution is 2.19. The SMILES string of the molecule is CCCCNC(=O)c1cc(Nc2ccc(C)c(C)c2)ccn1. The Labute approximate surface area is 132 Å². The van der Waals surface area contributed by atoms with Gasteiger partial charge in [0.15, 0.2) is 0 Å². The number of nitrogens with zero attached hydrogens (tertiary/aromatic N) is 1. The molecule has 2 N–H and O–H groups in total. The van der Waals surface area contributed by atoms with Crippen LogP contribution < -0.4 is 10.6 Å². The zero-order chi connectivity index (χ0) is 15.9. The van der Waals surface area contributed by atoms with E-state index in [0.717, 1.165) is 24.2 Å². The summed E-state index contributed by atoms with van der Waals surface area (Å²) in [6.45, 7) is 6.95. The van der Waals surface area contributed by atoms with Crippen LogP contribution in [0.2, 0.25) is 0 Å². The predicted octanol–water partition coefficient (Wildman–Crippen LogP) is 3.97. The van der Waals surface area contributed by atoms with Crippen LogP contribution >= 0.6 is 0 Å². The van der Waals surface area contributed by atoms with Gasteiger partial charge in [-0.3, -0.25) is 9.78 Å². The molecule has 0 fully saturated rings. The number of amides is 1. The Balaban J connectivity index is 2.07. The van der Waals surface area contributed by atoms with E-state index in [1.165, 1.54) is 11.1 Å². The Morgan fingerprint density at radius 3 is 2.59 bits per heavy atom. The second-order valence-electron chi connectivity index (χ2n) is 5.46. The zero-order valence-electron chi connectivity index (χ0n) is 13.4. The van der Waals surface area contributed by atoms with Crippen molar-refractivity contribution in [2.75, 3.05) is 11.9 Å². The quantitative estimate of drug-likeness (QED) is 0.793. The first-order chi connectivity index (χ1) is 10.6. The standard InChI is InChI=1S/C18H23N3O/c1-4-5-9-20-18(22)17-12-16(8-10-19-17)21-15-7-6-13(2)14(3)11-15/h6-8,10-12H,4-5,9H2,1-3H3,(H,19,21)(H,20,22). The molecule has 0 saturated heterocycles. The lowest BCUT2D eigenvalue weighted by atomic mass is 10.1. The van der Waals surface area contributed by atoms with Crippen LogP contribution in [0.25, 0.3) is 0 Å². The lowest BCUT2D eigenvalue weighted by molar-refractivity contribution is 0.0948. The molecule has 22 heavy (non-hydrogen) atoms. The van der Waals surface area contributed by atoms with Crippen molar-refractivity contribution in [2.45, 2.75) is 33.6 Å². The van der Waals surface area contributed by atoms with E-state index in [1.807, 2.05) is 12.1 Å². The highest BCUT2D eigenvalue weighted by Gasteiger charge is 2.07. The maximum Gasteiger partial charge on any atom is 0.269 e. The summed E-state index contributed by atoms with van der Waals surface area (Å²) in [4.78, 5) is 16.2. The molecule has 1 heterocycles. The molecule has 2 rings (SSSR count). The third-order valence-electron chi connectivity index (χ3n) is 3.60. The lowest BCUT2D eigenvalue weighted by Crippen LogP contribution is -2.25. The van der Waals surface area contributed by atoms with Crippen LogP contribution in [0.4, 0.5) is 11.4 Å². The number of anilines is 2. The molecule has 4 nitrogen and oxygen atoms in total. The van der Waals surface area contributed by atoms with Crippen LogP contribution in [0, 0.1) is 13.8 Å². The molecular formula is C18H23N3O. The topological polar surface area (TPSA) is 54.0 Å². The summed E-state index contributed by atoms with van der Waals surface area (Å²) >= 11 is 0. The maximum absolute atomic E-state index is 12.0. The van der Waals surface area contributed by atoms with Crippen molar-refractivity contribution in [3.63, 3.8) is 0 Å². The number of nitrogens with one attached hydrogen (secondary N) is 2. The molecule has 1 aromatic carbocycles. The average Bonchev–Trinajstić information content (AvgIpc) is 2.51. The fourth-order valence-corrected chi connectivity index (χ4v) is 2.09. The van der Waals surface area contributed by atoms with Gasteiger partial charge in [-0.1, -0.05) is 19.4 Å². The number of benzene rings is 1. The van der Waals surface area contributed by atoms with Gasteiger partial charge in [0, 0.05) is 24.1 Å². The molecule has 1 aromatic heterocycles. The molecule has 0 bridgehead atoms. The Morgan fingerprint density at radius 1 is 1.09 bits per heavy atom. The van der Waals surface area contributed by atoms with Crippen molar-refractivity contribution >= 4 is 17.3 Å². The Kier molecular flexibility index (Phi) is 5.53. The number of aromatic nitrogens is 1. The van der Waals surface area contributed by atoms with Crippen LogP contribution in [-0.4, -0.2) is 17.4 Å². The molecule has 0 aliphatic rings. The van der Waals surface area contributed by atoms with Crippen molar-refractivity contribution in [1.82, 2.24) is 10.3 Å². The summed E-state index contributed by atoms with van der Waals surface area (Å²) in [6, 6.07) is 9.84. The van der Waals surface area contributed by atoms with Crippen LogP contribution in [0.3, 0.4) is 0 Å². The molecule has 116 valence electrons. The van der Waals surface area contributed by atoms with Gasteiger partial charge in [-0.25, -0.2) is 0 Å². The van der Waals surface area contributed by atoms with Crippen molar-refractivity contribution in [2.24, 2.45) is 0 Å². The average molecular weight is 297 g/mol. The van der Waals surface area contributed by atoms with E-state index in [2.05, 4.69) is 48.5 Å². The van der Waals surface area contributed by atoms with Gasteiger partial charge in [0.2, 0.25) is 0 Å². The van der Waals surface area contributed by atoms with Crippen LogP contribution in [0.5, 0.6) is 0 Å². The van der Waals surface area contributed by atoms with E-state index in [-0.39, 0.29) is 5.91 Å². The first-order valence-corrected chi connectivity index (χ1v) is 7.68. The van der Waals surface area contributed by atoms with Crippen molar-refractivity contribution in [3.8, 4) is 0 Å². The predicted molar refractivity (Wildman–Crippen MR) is 90.7 cm³/mol. The van der Waals surface area contributed by atoms with Crippen LogP contribution in [0.1, 0.15) is 41.4 Å². The Morgan fingerprint density at radius 2 is 1.86 bits per heavy atom. The van der Waals surface area contributed by atoms with Crippen molar-refractivity contribution in [3.05, 3.63) is 53.3 Å². The molecule has 0 aliphatic heterocycles. The van der Waals surface area contributed by atoms with E-state index >= 15 is 0 Å². The summed E-state index contributed by atoms with van der Waals surface area (Å²) in [6.07, 6.45) is 3.69. The van der Waals surface area contributed by atoms with E-state index in [1.54, 1.807) is 12.3 Å². The van der Waals surface area contributed by atoms with E-state index in [9.17, 15) is 4.79 Å². The Hall–Kier alpha value is -2.36. The number of hydrogen-bond acceptors (Lipinski definition) is 3. The molecule has 0 spiro atoms. The largest absolute Gasteiger partial charge is 0.355 e. The second-order valence-corrected chi connectivity index (χ2v) is 5.46. The summed E-state index contributed by atoms with van der Waals surface area (Å²) in [7, 11) is 0. The summed E-state index contributed by atoms with van der Waals surface area (Å²) < 4.78 is 0. The van der Waals surface area contributed by atoms with Gasteiger partial charge in [-0.2, -0.15) is 0 Å². The van der Waals surface area contributed by atoms with Crippen molar-refractivity contribution < 1.29 is 4.79 Å². The number of unbranched alkanes of at least 4 members (excludes halogenated alkanes) is 1. The van der Waals surface area contributed by atoms with E-state index < -0.39 is 0 Å². The Bertz CT molecular complexity index is 653. The van der Waals surface area contributed by atoms with Gasteiger partial charge in [-0.05, 0) is 55.7 Å². The third-order valence-corrected chi connectivity index (χ3v) is 3.60. The smallest absolute Gasteiger partial charge is 0.269 e.